The van der Waals surface area contributed by atoms with E-state index in [1.807, 2.05) is 0 Å². The summed E-state index contributed by atoms with van der Waals surface area (Å²) in [7, 11) is -10.3. The molecule has 10 heteroatoms. The lowest BCUT2D eigenvalue weighted by Crippen LogP contribution is -2.26. The quantitative estimate of drug-likeness (QED) is 0.547. The van der Waals surface area contributed by atoms with Crippen LogP contribution in [0, 0.1) is 0 Å². The van der Waals surface area contributed by atoms with Gasteiger partial charge in [-0.05, 0) is 6.42 Å². The van der Waals surface area contributed by atoms with Crippen LogP contribution in [0.25, 0.3) is 0 Å². The molecular weight excluding hydrogens is 252 g/mol. The van der Waals surface area contributed by atoms with Gasteiger partial charge in [0.15, 0.2) is 0 Å². The van der Waals surface area contributed by atoms with Crippen molar-refractivity contribution in [2.75, 3.05) is 11.5 Å². The second-order valence-electron chi connectivity index (χ2n) is 2.36. The minimum atomic E-state index is -5.42. The third-order valence-electron chi connectivity index (χ3n) is 1.15. The third kappa shape index (κ3) is 4.74. The minimum absolute atomic E-state index is 0.916. The zero-order valence-corrected chi connectivity index (χ0v) is 8.22. The van der Waals surface area contributed by atoms with Crippen LogP contribution in [0.5, 0.6) is 0 Å². The largest absolute Gasteiger partial charge is 0.497 e. The molecular formula is C4H6F4O4S2. The van der Waals surface area contributed by atoms with Crippen LogP contribution < -0.4 is 0 Å². The van der Waals surface area contributed by atoms with E-state index in [4.69, 9.17) is 0 Å². The van der Waals surface area contributed by atoms with Gasteiger partial charge in [-0.2, -0.15) is 21.6 Å². The third-order valence-corrected chi connectivity index (χ3v) is 3.46. The van der Waals surface area contributed by atoms with Crippen molar-refractivity contribution < 1.29 is 33.9 Å². The normalized spacial score (nSPS) is 14.3. The molecule has 0 aromatic heterocycles. The molecule has 0 spiro atoms. The van der Waals surface area contributed by atoms with E-state index in [1.54, 1.807) is 0 Å². The Labute approximate surface area is 78.0 Å². The molecule has 0 aromatic rings. The zero-order chi connectivity index (χ0) is 11.6. The molecule has 0 atom stereocenters. The molecule has 14 heavy (non-hydrogen) atoms. The van der Waals surface area contributed by atoms with Crippen molar-refractivity contribution in [1.29, 1.82) is 0 Å². The lowest BCUT2D eigenvalue weighted by atomic mass is 10.6. The Kier molecular flexibility index (Phi) is 3.90. The van der Waals surface area contributed by atoms with Crippen LogP contribution in [-0.4, -0.2) is 33.8 Å². The van der Waals surface area contributed by atoms with Gasteiger partial charge in [0.25, 0.3) is 0 Å². The number of alkyl halides is 3. The number of halogens is 4. The van der Waals surface area contributed by atoms with E-state index in [1.165, 1.54) is 0 Å². The maximum atomic E-state index is 11.8. The summed E-state index contributed by atoms with van der Waals surface area (Å²) in [5, 5.41) is 0. The molecule has 0 bridgehead atoms. The molecule has 0 aliphatic rings. The van der Waals surface area contributed by atoms with Crippen LogP contribution in [0.1, 0.15) is 6.42 Å². The zero-order valence-electron chi connectivity index (χ0n) is 6.58. The van der Waals surface area contributed by atoms with Crippen molar-refractivity contribution >= 4 is 20.1 Å². The molecule has 0 fully saturated rings. The van der Waals surface area contributed by atoms with Crippen molar-refractivity contribution in [3.63, 3.8) is 0 Å². The predicted octanol–water partition coefficient (Wildman–Crippen LogP) is 0.610. The Bertz CT molecular complexity index is 378. The summed E-state index contributed by atoms with van der Waals surface area (Å²) < 4.78 is 86.9. The molecule has 0 N–H and O–H groups in total. The van der Waals surface area contributed by atoms with Gasteiger partial charge in [0, 0.05) is 0 Å². The fourth-order valence-corrected chi connectivity index (χ4v) is 1.96. The van der Waals surface area contributed by atoms with E-state index in [9.17, 15) is 33.9 Å². The fraction of sp³-hybridized carbons (Fsp3) is 1.00. The standard InChI is InChI=1S/C4H6F4O4S2/c5-4(6,7)13(9,10)2-1-3-14(8,11)12/h1-3H2. The monoisotopic (exact) mass is 258 g/mol. The number of hydrogen-bond acceptors (Lipinski definition) is 4. The minimum Gasteiger partial charge on any atom is -0.220 e. The molecule has 0 unspecified atom stereocenters. The van der Waals surface area contributed by atoms with Crippen molar-refractivity contribution in [3.05, 3.63) is 0 Å². The molecule has 0 amide bonds. The first-order chi connectivity index (χ1) is 5.96. The van der Waals surface area contributed by atoms with Gasteiger partial charge in [-0.25, -0.2) is 8.42 Å². The number of rotatable bonds is 4. The first kappa shape index (κ1) is 13.6. The lowest BCUT2D eigenvalue weighted by Gasteiger charge is -2.06. The summed E-state index contributed by atoms with van der Waals surface area (Å²) in [6.07, 6.45) is -0.916. The van der Waals surface area contributed by atoms with Gasteiger partial charge in [0.05, 0.1) is 11.5 Å². The highest BCUT2D eigenvalue weighted by Gasteiger charge is 2.44. The summed E-state index contributed by atoms with van der Waals surface area (Å²) in [4.78, 5) is 0. The molecule has 4 nitrogen and oxygen atoms in total. The van der Waals surface area contributed by atoms with E-state index in [-0.39, 0.29) is 0 Å². The average Bonchev–Trinajstić information content (AvgIpc) is 1.80. The van der Waals surface area contributed by atoms with Crippen LogP contribution in [0.4, 0.5) is 17.1 Å². The van der Waals surface area contributed by atoms with Crippen molar-refractivity contribution in [2.45, 2.75) is 11.9 Å². The van der Waals surface area contributed by atoms with Crippen LogP contribution in [0.2, 0.25) is 0 Å². The van der Waals surface area contributed by atoms with Gasteiger partial charge >= 0.3 is 15.7 Å². The molecule has 0 radical (unpaired) electrons. The van der Waals surface area contributed by atoms with Gasteiger partial charge < -0.3 is 0 Å². The molecule has 0 heterocycles. The van der Waals surface area contributed by atoms with Gasteiger partial charge in [0.1, 0.15) is 0 Å². The van der Waals surface area contributed by atoms with E-state index < -0.39 is 43.5 Å². The molecule has 0 saturated carbocycles. The maximum Gasteiger partial charge on any atom is 0.497 e. The van der Waals surface area contributed by atoms with Crippen LogP contribution >= 0.6 is 0 Å². The maximum absolute atomic E-state index is 11.8. The van der Waals surface area contributed by atoms with E-state index in [2.05, 4.69) is 0 Å². The second kappa shape index (κ2) is 4.01. The highest BCUT2D eigenvalue weighted by molar-refractivity contribution is 7.92. The Morgan fingerprint density at radius 1 is 0.929 bits per heavy atom. The summed E-state index contributed by atoms with van der Waals surface area (Å²) in [6.45, 7) is 0. The Morgan fingerprint density at radius 3 is 1.64 bits per heavy atom. The average molecular weight is 258 g/mol. The van der Waals surface area contributed by atoms with E-state index in [0.717, 1.165) is 0 Å². The van der Waals surface area contributed by atoms with Gasteiger partial charge in [-0.15, -0.1) is 3.89 Å². The van der Waals surface area contributed by atoms with Crippen LogP contribution in [-0.2, 0) is 20.1 Å². The topological polar surface area (TPSA) is 68.3 Å². The summed E-state index contributed by atoms with van der Waals surface area (Å²) in [6, 6.07) is 0. The number of sulfone groups is 1. The van der Waals surface area contributed by atoms with Crippen molar-refractivity contribution in [2.24, 2.45) is 0 Å². The summed E-state index contributed by atoms with van der Waals surface area (Å²) in [5.74, 6) is -2.66. The SMILES string of the molecule is O=S(=O)(F)CCCS(=O)(=O)C(F)(F)F. The Balaban J connectivity index is 4.31. The van der Waals surface area contributed by atoms with E-state index >= 15 is 0 Å². The first-order valence-corrected chi connectivity index (χ1v) is 6.37. The summed E-state index contributed by atoms with van der Waals surface area (Å²) >= 11 is 0. The summed E-state index contributed by atoms with van der Waals surface area (Å²) in [5.41, 5.74) is -5.42. The molecule has 0 aromatic carbocycles. The lowest BCUT2D eigenvalue weighted by molar-refractivity contribution is -0.0435. The van der Waals surface area contributed by atoms with Crippen molar-refractivity contribution in [1.82, 2.24) is 0 Å². The molecule has 0 aliphatic carbocycles. The molecule has 86 valence electrons. The fourth-order valence-electron chi connectivity index (χ4n) is 0.537. The molecule has 0 rings (SSSR count). The van der Waals surface area contributed by atoms with Gasteiger partial charge in [-0.1, -0.05) is 0 Å². The van der Waals surface area contributed by atoms with Crippen LogP contribution in [0.3, 0.4) is 0 Å². The predicted molar refractivity (Wildman–Crippen MR) is 39.4 cm³/mol. The highest BCUT2D eigenvalue weighted by Crippen LogP contribution is 2.24. The molecule has 0 saturated heterocycles. The van der Waals surface area contributed by atoms with Crippen molar-refractivity contribution in [3.8, 4) is 0 Å². The first-order valence-electron chi connectivity index (χ1n) is 3.17. The Hall–Kier alpha value is -0.380. The van der Waals surface area contributed by atoms with E-state index in [0.29, 0.717) is 0 Å². The van der Waals surface area contributed by atoms with Crippen LogP contribution in [0.15, 0.2) is 0 Å². The van der Waals surface area contributed by atoms with Gasteiger partial charge in [-0.3, -0.25) is 0 Å². The smallest absolute Gasteiger partial charge is 0.220 e. The Morgan fingerprint density at radius 2 is 1.36 bits per heavy atom. The number of hydrogen-bond donors (Lipinski definition) is 0. The highest BCUT2D eigenvalue weighted by atomic mass is 32.3. The second-order valence-corrected chi connectivity index (χ2v) is 5.95. The molecule has 0 aliphatic heterocycles. The van der Waals surface area contributed by atoms with Gasteiger partial charge in [0.2, 0.25) is 9.84 Å².